The summed E-state index contributed by atoms with van der Waals surface area (Å²) in [6.45, 7) is 4.29. The van der Waals surface area contributed by atoms with Gasteiger partial charge in [0.1, 0.15) is 0 Å². The van der Waals surface area contributed by atoms with Gasteiger partial charge in [0, 0.05) is 31.3 Å². The highest BCUT2D eigenvalue weighted by molar-refractivity contribution is 5.75. The molecule has 1 aromatic rings. The molecule has 0 saturated carbocycles. The number of hydrogen-bond donors (Lipinski definition) is 2. The van der Waals surface area contributed by atoms with Gasteiger partial charge in [-0.15, -0.1) is 0 Å². The molecule has 6 heteroatoms. The Balaban J connectivity index is 2.67. The van der Waals surface area contributed by atoms with Gasteiger partial charge < -0.3 is 10.4 Å². The van der Waals surface area contributed by atoms with Gasteiger partial charge in [-0.25, -0.2) is 0 Å². The summed E-state index contributed by atoms with van der Waals surface area (Å²) in [4.78, 5) is 21.8. The molecule has 0 unspecified atom stereocenters. The molecule has 0 aromatic carbocycles. The second kappa shape index (κ2) is 6.18. The zero-order chi connectivity index (χ0) is 13.7. The van der Waals surface area contributed by atoms with Gasteiger partial charge in [0.2, 0.25) is 5.91 Å². The number of carboxylic acids is 1. The smallest absolute Gasteiger partial charge is 0.307 e. The van der Waals surface area contributed by atoms with Gasteiger partial charge in [-0.05, 0) is 20.3 Å². The van der Waals surface area contributed by atoms with E-state index in [2.05, 4.69) is 10.4 Å². The van der Waals surface area contributed by atoms with E-state index in [0.29, 0.717) is 19.4 Å². The van der Waals surface area contributed by atoms with Crippen molar-refractivity contribution in [1.29, 1.82) is 0 Å². The number of aliphatic carboxylic acids is 1. The molecule has 2 N–H and O–H groups in total. The molecule has 0 aliphatic heterocycles. The van der Waals surface area contributed by atoms with Crippen molar-refractivity contribution in [3.05, 3.63) is 17.0 Å². The maximum Gasteiger partial charge on any atom is 0.307 e. The van der Waals surface area contributed by atoms with Crippen LogP contribution < -0.4 is 5.32 Å². The molecule has 1 heterocycles. The van der Waals surface area contributed by atoms with E-state index in [1.165, 1.54) is 0 Å². The lowest BCUT2D eigenvalue weighted by molar-refractivity contribution is -0.136. The van der Waals surface area contributed by atoms with Gasteiger partial charge >= 0.3 is 5.97 Å². The van der Waals surface area contributed by atoms with E-state index in [1.807, 2.05) is 6.92 Å². The Morgan fingerprint density at radius 2 is 2.06 bits per heavy atom. The molecule has 0 aliphatic carbocycles. The molecule has 0 fully saturated rings. The Labute approximate surface area is 106 Å². The molecule has 1 amide bonds. The number of aromatic nitrogens is 2. The van der Waals surface area contributed by atoms with Gasteiger partial charge in [0.05, 0.1) is 12.1 Å². The zero-order valence-electron chi connectivity index (χ0n) is 11.0. The molecule has 1 aromatic heterocycles. The number of nitrogens with zero attached hydrogens (tertiary/aromatic N) is 2. The first-order valence-electron chi connectivity index (χ1n) is 5.91. The lowest BCUT2D eigenvalue weighted by atomic mass is 10.1. The van der Waals surface area contributed by atoms with Crippen LogP contribution in [0.4, 0.5) is 0 Å². The number of nitrogens with one attached hydrogen (secondary N) is 1. The van der Waals surface area contributed by atoms with Crippen molar-refractivity contribution in [2.45, 2.75) is 39.7 Å². The van der Waals surface area contributed by atoms with Crippen LogP contribution in [-0.4, -0.2) is 33.8 Å². The monoisotopic (exact) mass is 253 g/mol. The Morgan fingerprint density at radius 3 is 2.61 bits per heavy atom. The van der Waals surface area contributed by atoms with Crippen molar-refractivity contribution in [3.8, 4) is 0 Å². The first-order chi connectivity index (χ1) is 8.45. The summed E-state index contributed by atoms with van der Waals surface area (Å²) < 4.78 is 1.77. The molecule has 6 nitrogen and oxygen atoms in total. The van der Waals surface area contributed by atoms with Crippen LogP contribution in [0.1, 0.15) is 29.8 Å². The minimum Gasteiger partial charge on any atom is -0.481 e. The molecule has 1 rings (SSSR count). The number of carbonyl (C=O) groups excluding carboxylic acids is 1. The van der Waals surface area contributed by atoms with Crippen molar-refractivity contribution < 1.29 is 14.7 Å². The first kappa shape index (κ1) is 14.2. The van der Waals surface area contributed by atoms with Crippen molar-refractivity contribution in [3.63, 3.8) is 0 Å². The van der Waals surface area contributed by atoms with E-state index < -0.39 is 5.97 Å². The van der Waals surface area contributed by atoms with Crippen LogP contribution in [0.2, 0.25) is 0 Å². The largest absolute Gasteiger partial charge is 0.481 e. The number of hydrogen-bond acceptors (Lipinski definition) is 3. The van der Waals surface area contributed by atoms with Crippen molar-refractivity contribution in [2.75, 3.05) is 7.05 Å². The first-order valence-corrected chi connectivity index (χ1v) is 5.91. The number of amides is 1. The average Bonchev–Trinajstić information content (AvgIpc) is 2.56. The van der Waals surface area contributed by atoms with Crippen LogP contribution in [0.15, 0.2) is 0 Å². The predicted octanol–water partition coefficient (Wildman–Crippen LogP) is 0.653. The maximum atomic E-state index is 11.1. The number of rotatable bonds is 6. The van der Waals surface area contributed by atoms with E-state index in [-0.39, 0.29) is 12.3 Å². The van der Waals surface area contributed by atoms with E-state index in [1.54, 1.807) is 18.7 Å². The summed E-state index contributed by atoms with van der Waals surface area (Å²) in [5, 5.41) is 15.7. The second-order valence-electron chi connectivity index (χ2n) is 4.22. The summed E-state index contributed by atoms with van der Waals surface area (Å²) in [5.41, 5.74) is 2.38. The molecule has 0 aliphatic rings. The van der Waals surface area contributed by atoms with E-state index in [0.717, 1.165) is 17.0 Å². The van der Waals surface area contributed by atoms with E-state index >= 15 is 0 Å². The average molecular weight is 253 g/mol. The minimum atomic E-state index is -0.855. The van der Waals surface area contributed by atoms with Crippen LogP contribution in [-0.2, 0) is 22.6 Å². The fraction of sp³-hybridized carbons (Fsp3) is 0.583. The third kappa shape index (κ3) is 3.58. The van der Waals surface area contributed by atoms with Crippen molar-refractivity contribution >= 4 is 11.9 Å². The quantitative estimate of drug-likeness (QED) is 0.779. The third-order valence-corrected chi connectivity index (χ3v) is 2.91. The second-order valence-corrected chi connectivity index (χ2v) is 4.22. The molecule has 0 atom stereocenters. The minimum absolute atomic E-state index is 0.00212. The standard InChI is InChI=1S/C12H19N3O3/c1-8-10(7-12(17)18)9(2)15(14-8)6-4-5-11(16)13-3/h4-7H2,1-3H3,(H,13,16)(H,17,18). The topological polar surface area (TPSA) is 84.2 Å². The maximum absolute atomic E-state index is 11.1. The predicted molar refractivity (Wildman–Crippen MR) is 66.3 cm³/mol. The summed E-state index contributed by atoms with van der Waals surface area (Å²) in [6, 6.07) is 0. The number of aryl methyl sites for hydroxylation is 2. The molecular formula is C12H19N3O3. The molecule has 0 saturated heterocycles. The van der Waals surface area contributed by atoms with E-state index in [9.17, 15) is 9.59 Å². The molecule has 0 spiro atoms. The van der Waals surface area contributed by atoms with Crippen LogP contribution in [0.5, 0.6) is 0 Å². The Morgan fingerprint density at radius 1 is 1.39 bits per heavy atom. The number of carboxylic acid groups (broad SMARTS) is 1. The van der Waals surface area contributed by atoms with Gasteiger partial charge in [-0.1, -0.05) is 0 Å². The lowest BCUT2D eigenvalue weighted by Crippen LogP contribution is -2.18. The molecule has 0 bridgehead atoms. The fourth-order valence-corrected chi connectivity index (χ4v) is 1.87. The van der Waals surface area contributed by atoms with E-state index in [4.69, 9.17) is 5.11 Å². The van der Waals surface area contributed by atoms with Gasteiger partial charge in [-0.2, -0.15) is 5.10 Å². The van der Waals surface area contributed by atoms with Crippen LogP contribution in [0.25, 0.3) is 0 Å². The Kier molecular flexibility index (Phi) is 4.88. The zero-order valence-corrected chi connectivity index (χ0v) is 11.0. The molecular weight excluding hydrogens is 234 g/mol. The molecule has 18 heavy (non-hydrogen) atoms. The summed E-state index contributed by atoms with van der Waals surface area (Å²) in [7, 11) is 1.61. The van der Waals surface area contributed by atoms with Gasteiger partial charge in [0.25, 0.3) is 0 Å². The highest BCUT2D eigenvalue weighted by Gasteiger charge is 2.14. The fourth-order valence-electron chi connectivity index (χ4n) is 1.87. The van der Waals surface area contributed by atoms with Crippen molar-refractivity contribution in [2.24, 2.45) is 0 Å². The Hall–Kier alpha value is -1.85. The summed E-state index contributed by atoms with van der Waals surface area (Å²) in [5.74, 6) is -0.853. The Bertz CT molecular complexity index is 452. The van der Waals surface area contributed by atoms with Crippen LogP contribution in [0, 0.1) is 13.8 Å². The van der Waals surface area contributed by atoms with Crippen LogP contribution in [0.3, 0.4) is 0 Å². The molecule has 0 radical (unpaired) electrons. The normalized spacial score (nSPS) is 10.4. The highest BCUT2D eigenvalue weighted by Crippen LogP contribution is 2.14. The summed E-state index contributed by atoms with van der Waals surface area (Å²) in [6.07, 6.45) is 1.13. The van der Waals surface area contributed by atoms with Crippen molar-refractivity contribution in [1.82, 2.24) is 15.1 Å². The lowest BCUT2D eigenvalue weighted by Gasteiger charge is -2.04. The third-order valence-electron chi connectivity index (χ3n) is 2.91. The van der Waals surface area contributed by atoms with Gasteiger partial charge in [0.15, 0.2) is 0 Å². The highest BCUT2D eigenvalue weighted by atomic mass is 16.4. The van der Waals surface area contributed by atoms with Gasteiger partial charge in [-0.3, -0.25) is 14.3 Å². The van der Waals surface area contributed by atoms with Crippen LogP contribution >= 0.6 is 0 Å². The summed E-state index contributed by atoms with van der Waals surface area (Å²) >= 11 is 0. The molecule has 100 valence electrons. The SMILES string of the molecule is CNC(=O)CCCn1nc(C)c(CC(=O)O)c1C. The number of carbonyl (C=O) groups is 2.